The molecule has 0 spiro atoms. The van der Waals surface area contributed by atoms with Gasteiger partial charge >= 0.3 is 6.18 Å². The van der Waals surface area contributed by atoms with Crippen LogP contribution in [0.15, 0.2) is 0 Å². The van der Waals surface area contributed by atoms with Crippen LogP contribution in [0.25, 0.3) is 0 Å². The number of ether oxygens (including phenoxy) is 1. The molecule has 0 aliphatic heterocycles. The third-order valence-corrected chi connectivity index (χ3v) is 3.66. The van der Waals surface area contributed by atoms with Gasteiger partial charge in [0.15, 0.2) is 0 Å². The summed E-state index contributed by atoms with van der Waals surface area (Å²) in [6.45, 7) is 1.09. The van der Waals surface area contributed by atoms with Crippen LogP contribution in [0.4, 0.5) is 13.2 Å². The fraction of sp³-hybridized carbons (Fsp3) is 1.00. The molecule has 1 N–H and O–H groups in total. The number of aliphatic hydroxyl groups is 1. The molecule has 2 nitrogen and oxygen atoms in total. The highest BCUT2D eigenvalue weighted by Crippen LogP contribution is 2.31. The molecule has 1 atom stereocenters. The minimum Gasteiger partial charge on any atom is -0.393 e. The molecule has 0 amide bonds. The van der Waals surface area contributed by atoms with E-state index in [0.29, 0.717) is 18.8 Å². The molecule has 1 aliphatic carbocycles. The number of hydrogen-bond donors (Lipinski definition) is 1. The van der Waals surface area contributed by atoms with Crippen molar-refractivity contribution in [2.24, 2.45) is 11.8 Å². The van der Waals surface area contributed by atoms with E-state index in [0.717, 1.165) is 31.6 Å². The first-order valence-electron chi connectivity index (χ1n) is 6.71. The van der Waals surface area contributed by atoms with Gasteiger partial charge in [0.2, 0.25) is 0 Å². The Bertz CT molecular complexity index is 223. The number of rotatable bonds is 6. The highest BCUT2D eigenvalue weighted by molar-refractivity contribution is 4.75. The van der Waals surface area contributed by atoms with Crippen LogP contribution in [0.5, 0.6) is 0 Å². The summed E-state index contributed by atoms with van der Waals surface area (Å²) in [6, 6.07) is 0. The molecule has 0 aromatic rings. The second-order valence-electron chi connectivity index (χ2n) is 5.40. The first-order chi connectivity index (χ1) is 8.38. The highest BCUT2D eigenvalue weighted by Gasteiger charge is 2.27. The zero-order chi connectivity index (χ0) is 13.6. The minimum atomic E-state index is -4.25. The maximum Gasteiger partial charge on any atom is 0.411 e. The van der Waals surface area contributed by atoms with E-state index >= 15 is 0 Å². The lowest BCUT2D eigenvalue weighted by Gasteiger charge is -2.29. The Morgan fingerprint density at radius 3 is 2.39 bits per heavy atom. The lowest BCUT2D eigenvalue weighted by molar-refractivity contribution is -0.174. The largest absolute Gasteiger partial charge is 0.411 e. The van der Waals surface area contributed by atoms with Gasteiger partial charge < -0.3 is 9.84 Å². The van der Waals surface area contributed by atoms with Crippen molar-refractivity contribution in [3.05, 3.63) is 0 Å². The Morgan fingerprint density at radius 1 is 1.22 bits per heavy atom. The van der Waals surface area contributed by atoms with Gasteiger partial charge in [0.25, 0.3) is 0 Å². The summed E-state index contributed by atoms with van der Waals surface area (Å²) in [6.07, 6.45) is 0.751. The maximum atomic E-state index is 11.8. The molecular weight excluding hydrogens is 245 g/mol. The molecule has 18 heavy (non-hydrogen) atoms. The molecule has 1 fully saturated rings. The average Bonchev–Trinajstić information content (AvgIpc) is 2.27. The van der Waals surface area contributed by atoms with Crippen LogP contribution in [0.3, 0.4) is 0 Å². The normalized spacial score (nSPS) is 27.2. The van der Waals surface area contributed by atoms with E-state index in [9.17, 15) is 18.3 Å². The highest BCUT2D eigenvalue weighted by atomic mass is 19.4. The van der Waals surface area contributed by atoms with Crippen LogP contribution in [-0.2, 0) is 4.74 Å². The summed E-state index contributed by atoms with van der Waals surface area (Å²) in [4.78, 5) is 0. The Kier molecular flexibility index (Phi) is 6.43. The van der Waals surface area contributed by atoms with Crippen molar-refractivity contribution in [1.82, 2.24) is 0 Å². The number of alkyl halides is 3. The minimum absolute atomic E-state index is 0.0691. The van der Waals surface area contributed by atoms with Crippen molar-refractivity contribution in [3.8, 4) is 0 Å². The molecule has 0 heterocycles. The van der Waals surface area contributed by atoms with E-state index in [-0.39, 0.29) is 12.7 Å². The second kappa shape index (κ2) is 7.34. The van der Waals surface area contributed by atoms with Crippen LogP contribution < -0.4 is 0 Å². The average molecular weight is 268 g/mol. The lowest BCUT2D eigenvalue weighted by Crippen LogP contribution is -2.25. The van der Waals surface area contributed by atoms with E-state index in [4.69, 9.17) is 0 Å². The van der Waals surface area contributed by atoms with Crippen molar-refractivity contribution in [2.45, 2.75) is 57.7 Å². The first kappa shape index (κ1) is 15.8. The molecule has 0 aromatic carbocycles. The quantitative estimate of drug-likeness (QED) is 0.747. The van der Waals surface area contributed by atoms with Crippen LogP contribution in [0.1, 0.15) is 45.4 Å². The van der Waals surface area contributed by atoms with Crippen molar-refractivity contribution in [3.63, 3.8) is 0 Å². The van der Waals surface area contributed by atoms with E-state index in [1.807, 2.05) is 0 Å². The predicted molar refractivity (Wildman–Crippen MR) is 63.2 cm³/mol. The van der Waals surface area contributed by atoms with Crippen LogP contribution in [-0.4, -0.2) is 30.6 Å². The second-order valence-corrected chi connectivity index (χ2v) is 5.40. The van der Waals surface area contributed by atoms with E-state index < -0.39 is 12.8 Å². The fourth-order valence-corrected chi connectivity index (χ4v) is 2.49. The molecule has 108 valence electrons. The van der Waals surface area contributed by atoms with Crippen molar-refractivity contribution >= 4 is 0 Å². The van der Waals surface area contributed by atoms with Gasteiger partial charge in [0.05, 0.1) is 6.10 Å². The molecule has 0 radical (unpaired) electrons. The van der Waals surface area contributed by atoms with Gasteiger partial charge in [-0.15, -0.1) is 0 Å². The Morgan fingerprint density at radius 2 is 1.83 bits per heavy atom. The molecule has 1 rings (SSSR count). The van der Waals surface area contributed by atoms with Crippen molar-refractivity contribution in [1.29, 1.82) is 0 Å². The zero-order valence-electron chi connectivity index (χ0n) is 10.9. The smallest absolute Gasteiger partial charge is 0.393 e. The third-order valence-electron chi connectivity index (χ3n) is 3.66. The van der Waals surface area contributed by atoms with Gasteiger partial charge in [0, 0.05) is 6.61 Å². The monoisotopic (exact) mass is 268 g/mol. The summed E-state index contributed by atoms with van der Waals surface area (Å²) < 4.78 is 39.9. The third kappa shape index (κ3) is 6.59. The van der Waals surface area contributed by atoms with Crippen LogP contribution in [0, 0.1) is 11.8 Å². The molecular formula is C13H23F3O2. The van der Waals surface area contributed by atoms with Gasteiger partial charge in [-0.25, -0.2) is 0 Å². The van der Waals surface area contributed by atoms with Gasteiger partial charge in [-0.3, -0.25) is 0 Å². The van der Waals surface area contributed by atoms with Crippen molar-refractivity contribution < 1.29 is 23.0 Å². The molecule has 1 aliphatic rings. The Balaban J connectivity index is 2.05. The molecule has 0 aromatic heterocycles. The van der Waals surface area contributed by atoms with E-state index in [1.54, 1.807) is 0 Å². The fourth-order valence-electron chi connectivity index (χ4n) is 2.49. The number of aliphatic hydroxyl groups excluding tert-OH is 1. The number of halogens is 3. The van der Waals surface area contributed by atoms with Gasteiger partial charge in [-0.1, -0.05) is 19.8 Å². The van der Waals surface area contributed by atoms with Crippen LogP contribution >= 0.6 is 0 Å². The summed E-state index contributed by atoms with van der Waals surface area (Å²) in [5, 5.41) is 9.94. The van der Waals surface area contributed by atoms with Gasteiger partial charge in [0.1, 0.15) is 6.61 Å². The SMILES string of the molecule is CC1CCC(C(O)CCCOCC(F)(F)F)CC1. The van der Waals surface area contributed by atoms with E-state index in [2.05, 4.69) is 11.7 Å². The molecule has 0 bridgehead atoms. The Labute approximate surface area is 107 Å². The summed E-state index contributed by atoms with van der Waals surface area (Å²) in [7, 11) is 0. The summed E-state index contributed by atoms with van der Waals surface area (Å²) >= 11 is 0. The molecule has 1 saturated carbocycles. The molecule has 1 unspecified atom stereocenters. The maximum absolute atomic E-state index is 11.8. The first-order valence-corrected chi connectivity index (χ1v) is 6.71. The lowest BCUT2D eigenvalue weighted by atomic mass is 9.79. The van der Waals surface area contributed by atoms with Gasteiger partial charge in [-0.2, -0.15) is 13.2 Å². The predicted octanol–water partition coefficient (Wildman–Crippen LogP) is 3.53. The Hall–Kier alpha value is -0.290. The number of hydrogen-bond acceptors (Lipinski definition) is 2. The van der Waals surface area contributed by atoms with Crippen LogP contribution in [0.2, 0.25) is 0 Å². The van der Waals surface area contributed by atoms with Crippen molar-refractivity contribution in [2.75, 3.05) is 13.2 Å². The van der Waals surface area contributed by atoms with Gasteiger partial charge in [-0.05, 0) is 37.5 Å². The summed E-state index contributed by atoms with van der Waals surface area (Å²) in [5.74, 6) is 1.06. The zero-order valence-corrected chi connectivity index (χ0v) is 10.9. The molecule has 5 heteroatoms. The topological polar surface area (TPSA) is 29.5 Å². The molecule has 0 saturated heterocycles. The summed E-state index contributed by atoms with van der Waals surface area (Å²) in [5.41, 5.74) is 0. The van der Waals surface area contributed by atoms with E-state index in [1.165, 1.54) is 0 Å². The standard InChI is InChI=1S/C13H23F3O2/c1-10-4-6-11(7-5-10)12(17)3-2-8-18-9-13(14,15)16/h10-12,17H,2-9H2,1H3.